The van der Waals surface area contributed by atoms with Crippen LogP contribution in [0.1, 0.15) is 21.6 Å². The van der Waals surface area contributed by atoms with Gasteiger partial charge in [0.1, 0.15) is 11.4 Å². The third-order valence-electron chi connectivity index (χ3n) is 3.40. The first-order valence-corrected chi connectivity index (χ1v) is 7.24. The number of halogens is 3. The van der Waals surface area contributed by atoms with Crippen molar-refractivity contribution in [3.8, 4) is 11.5 Å². The molecule has 1 N–H and O–H groups in total. The Balaban J connectivity index is 1.71. The number of carbonyl (C=O) groups is 1. The Kier molecular flexibility index (Phi) is 4.51. The molecule has 0 spiro atoms. The number of nitrogens with one attached hydrogen (secondary N) is 1. The molecule has 0 bridgehead atoms. The number of rotatable bonds is 4. The van der Waals surface area contributed by atoms with E-state index in [9.17, 15) is 18.0 Å². The molecule has 0 aliphatic heterocycles. The molecule has 5 nitrogen and oxygen atoms in total. The lowest BCUT2D eigenvalue weighted by molar-refractivity contribution is -0.141. The summed E-state index contributed by atoms with van der Waals surface area (Å²) in [6, 6.07) is 8.81. The molecule has 0 aliphatic carbocycles. The first-order chi connectivity index (χ1) is 11.9. The van der Waals surface area contributed by atoms with Crippen LogP contribution in [0.2, 0.25) is 0 Å². The molecule has 3 heterocycles. The summed E-state index contributed by atoms with van der Waals surface area (Å²) in [7, 11) is 0. The van der Waals surface area contributed by atoms with Crippen LogP contribution in [0, 0.1) is 0 Å². The van der Waals surface area contributed by atoms with Crippen LogP contribution in [0.15, 0.2) is 59.5 Å². The Labute approximate surface area is 140 Å². The molecule has 8 heteroatoms. The SMILES string of the molecule is O=C(NCc1cccnc1-c1ccco1)c1ccc(C(F)(F)F)nc1. The highest BCUT2D eigenvalue weighted by Crippen LogP contribution is 2.27. The van der Waals surface area contributed by atoms with Crippen molar-refractivity contribution in [2.24, 2.45) is 0 Å². The van der Waals surface area contributed by atoms with Gasteiger partial charge < -0.3 is 9.73 Å². The topological polar surface area (TPSA) is 68.0 Å². The van der Waals surface area contributed by atoms with Crippen molar-refractivity contribution < 1.29 is 22.4 Å². The highest BCUT2D eigenvalue weighted by atomic mass is 19.4. The van der Waals surface area contributed by atoms with E-state index in [1.54, 1.807) is 30.5 Å². The number of alkyl halides is 3. The van der Waals surface area contributed by atoms with Crippen molar-refractivity contribution in [3.05, 3.63) is 71.9 Å². The molecule has 0 aromatic carbocycles. The molecular weight excluding hydrogens is 335 g/mol. The molecule has 0 aliphatic rings. The van der Waals surface area contributed by atoms with Crippen molar-refractivity contribution in [3.63, 3.8) is 0 Å². The van der Waals surface area contributed by atoms with Gasteiger partial charge in [0.25, 0.3) is 5.91 Å². The number of amides is 1. The molecule has 0 saturated carbocycles. The minimum Gasteiger partial charge on any atom is -0.463 e. The van der Waals surface area contributed by atoms with Gasteiger partial charge in [-0.05, 0) is 30.3 Å². The fourth-order valence-electron chi connectivity index (χ4n) is 2.19. The minimum absolute atomic E-state index is 0.0384. The monoisotopic (exact) mass is 347 g/mol. The molecular formula is C17H12F3N3O2. The van der Waals surface area contributed by atoms with E-state index in [0.29, 0.717) is 17.0 Å². The van der Waals surface area contributed by atoms with E-state index < -0.39 is 17.8 Å². The summed E-state index contributed by atoms with van der Waals surface area (Å²) in [6.07, 6.45) is -0.527. The van der Waals surface area contributed by atoms with E-state index in [-0.39, 0.29) is 12.1 Å². The van der Waals surface area contributed by atoms with Crippen LogP contribution in [0.3, 0.4) is 0 Å². The summed E-state index contributed by atoms with van der Waals surface area (Å²) >= 11 is 0. The fraction of sp³-hybridized carbons (Fsp3) is 0.118. The normalized spacial score (nSPS) is 11.3. The van der Waals surface area contributed by atoms with Gasteiger partial charge in [-0.2, -0.15) is 13.2 Å². The lowest BCUT2D eigenvalue weighted by atomic mass is 10.1. The van der Waals surface area contributed by atoms with E-state index in [1.807, 2.05) is 0 Å². The van der Waals surface area contributed by atoms with Gasteiger partial charge in [0.2, 0.25) is 0 Å². The van der Waals surface area contributed by atoms with E-state index >= 15 is 0 Å². The van der Waals surface area contributed by atoms with Gasteiger partial charge in [0.05, 0.1) is 11.8 Å². The number of aromatic nitrogens is 2. The first kappa shape index (κ1) is 16.7. The van der Waals surface area contributed by atoms with Crippen LogP contribution >= 0.6 is 0 Å². The lowest BCUT2D eigenvalue weighted by Crippen LogP contribution is -2.23. The maximum absolute atomic E-state index is 12.5. The molecule has 0 radical (unpaired) electrons. The standard InChI is InChI=1S/C17H12F3N3O2/c18-17(19,20)14-6-5-12(10-22-14)16(24)23-9-11-3-1-7-21-15(11)13-4-2-8-25-13/h1-8,10H,9H2,(H,23,24). The van der Waals surface area contributed by atoms with Crippen molar-refractivity contribution in [1.82, 2.24) is 15.3 Å². The number of furan rings is 1. The molecule has 1 amide bonds. The van der Waals surface area contributed by atoms with Crippen molar-refractivity contribution >= 4 is 5.91 Å². The van der Waals surface area contributed by atoms with E-state index in [1.165, 1.54) is 6.26 Å². The number of hydrogen-bond acceptors (Lipinski definition) is 4. The van der Waals surface area contributed by atoms with Crippen LogP contribution in [0.4, 0.5) is 13.2 Å². The molecule has 25 heavy (non-hydrogen) atoms. The Bertz CT molecular complexity index is 860. The lowest BCUT2D eigenvalue weighted by Gasteiger charge is -2.09. The third-order valence-corrected chi connectivity index (χ3v) is 3.40. The molecule has 0 saturated heterocycles. The van der Waals surface area contributed by atoms with Crippen LogP contribution < -0.4 is 5.32 Å². The Hall–Kier alpha value is -3.16. The summed E-state index contributed by atoms with van der Waals surface area (Å²) in [5.41, 5.74) is 0.289. The Morgan fingerprint density at radius 2 is 1.96 bits per heavy atom. The zero-order chi connectivity index (χ0) is 17.9. The van der Waals surface area contributed by atoms with Crippen molar-refractivity contribution in [1.29, 1.82) is 0 Å². The maximum atomic E-state index is 12.5. The minimum atomic E-state index is -4.54. The van der Waals surface area contributed by atoms with E-state index in [2.05, 4.69) is 15.3 Å². The van der Waals surface area contributed by atoms with Gasteiger partial charge in [0, 0.05) is 24.5 Å². The summed E-state index contributed by atoms with van der Waals surface area (Å²) in [5.74, 6) is 0.0246. The number of carbonyl (C=O) groups excluding carboxylic acids is 1. The summed E-state index contributed by atoms with van der Waals surface area (Å²) in [4.78, 5) is 19.6. The van der Waals surface area contributed by atoms with Gasteiger partial charge in [-0.3, -0.25) is 14.8 Å². The van der Waals surface area contributed by atoms with Gasteiger partial charge >= 0.3 is 6.18 Å². The zero-order valence-electron chi connectivity index (χ0n) is 12.7. The van der Waals surface area contributed by atoms with E-state index in [0.717, 1.165) is 18.3 Å². The van der Waals surface area contributed by atoms with Gasteiger partial charge in [0.15, 0.2) is 5.76 Å². The maximum Gasteiger partial charge on any atom is 0.433 e. The summed E-state index contributed by atoms with van der Waals surface area (Å²) in [5, 5.41) is 2.63. The van der Waals surface area contributed by atoms with Crippen molar-refractivity contribution in [2.75, 3.05) is 0 Å². The molecule has 128 valence electrons. The Morgan fingerprint density at radius 3 is 2.60 bits per heavy atom. The predicted molar refractivity (Wildman–Crippen MR) is 82.3 cm³/mol. The van der Waals surface area contributed by atoms with Crippen LogP contribution in [0.5, 0.6) is 0 Å². The first-order valence-electron chi connectivity index (χ1n) is 7.24. The smallest absolute Gasteiger partial charge is 0.433 e. The Morgan fingerprint density at radius 1 is 1.12 bits per heavy atom. The van der Waals surface area contributed by atoms with Crippen LogP contribution in [-0.4, -0.2) is 15.9 Å². The molecule has 0 unspecified atom stereocenters. The molecule has 0 fully saturated rings. The summed E-state index contributed by atoms with van der Waals surface area (Å²) in [6.45, 7) is 0.143. The van der Waals surface area contributed by atoms with Crippen LogP contribution in [-0.2, 0) is 12.7 Å². The average molecular weight is 347 g/mol. The molecule has 3 aromatic rings. The molecule has 0 atom stereocenters. The zero-order valence-corrected chi connectivity index (χ0v) is 12.7. The number of pyridine rings is 2. The average Bonchev–Trinajstić information content (AvgIpc) is 3.14. The second-order valence-corrected chi connectivity index (χ2v) is 5.10. The quantitative estimate of drug-likeness (QED) is 0.782. The second kappa shape index (κ2) is 6.76. The molecule has 3 rings (SSSR count). The van der Waals surface area contributed by atoms with Crippen molar-refractivity contribution in [2.45, 2.75) is 12.7 Å². The highest BCUT2D eigenvalue weighted by molar-refractivity contribution is 5.93. The second-order valence-electron chi connectivity index (χ2n) is 5.10. The largest absolute Gasteiger partial charge is 0.463 e. The third kappa shape index (κ3) is 3.85. The summed E-state index contributed by atoms with van der Waals surface area (Å²) < 4.78 is 42.8. The molecule has 3 aromatic heterocycles. The number of nitrogens with zero attached hydrogens (tertiary/aromatic N) is 2. The van der Waals surface area contributed by atoms with Gasteiger partial charge in [-0.1, -0.05) is 6.07 Å². The highest BCUT2D eigenvalue weighted by Gasteiger charge is 2.32. The fourth-order valence-corrected chi connectivity index (χ4v) is 2.19. The van der Waals surface area contributed by atoms with Crippen LogP contribution in [0.25, 0.3) is 11.5 Å². The predicted octanol–water partition coefficient (Wildman–Crippen LogP) is 3.69. The van der Waals surface area contributed by atoms with Gasteiger partial charge in [-0.15, -0.1) is 0 Å². The number of hydrogen-bond donors (Lipinski definition) is 1. The van der Waals surface area contributed by atoms with Gasteiger partial charge in [-0.25, -0.2) is 0 Å². The van der Waals surface area contributed by atoms with E-state index in [4.69, 9.17) is 4.42 Å².